The van der Waals surface area contributed by atoms with Crippen LogP contribution in [0.1, 0.15) is 30.7 Å². The molecule has 0 aromatic carbocycles. The second-order valence-corrected chi connectivity index (χ2v) is 6.61. The fourth-order valence-electron chi connectivity index (χ4n) is 3.53. The van der Waals surface area contributed by atoms with Gasteiger partial charge in [0.15, 0.2) is 0 Å². The maximum Gasteiger partial charge on any atom is 0.317 e. The van der Waals surface area contributed by atoms with Gasteiger partial charge in [0.25, 0.3) is 0 Å². The average molecular weight is 335 g/mol. The number of urea groups is 1. The molecule has 2 bridgehead atoms. The minimum Gasteiger partial charge on any atom is -0.378 e. The van der Waals surface area contributed by atoms with Crippen molar-refractivity contribution in [2.24, 2.45) is 5.92 Å². The van der Waals surface area contributed by atoms with Crippen molar-refractivity contribution < 1.29 is 14.3 Å². The van der Waals surface area contributed by atoms with Crippen LogP contribution in [0.3, 0.4) is 0 Å². The smallest absolute Gasteiger partial charge is 0.317 e. The number of amides is 3. The maximum absolute atomic E-state index is 12.5. The molecule has 0 radical (unpaired) electrons. The second kappa shape index (κ2) is 7.21. The van der Waals surface area contributed by atoms with E-state index in [4.69, 9.17) is 4.74 Å². The zero-order chi connectivity index (χ0) is 17.1. The van der Waals surface area contributed by atoms with E-state index in [-0.39, 0.29) is 23.9 Å². The Balaban J connectivity index is 1.59. The molecule has 0 aliphatic carbocycles. The zero-order valence-corrected chi connectivity index (χ0v) is 14.2. The summed E-state index contributed by atoms with van der Waals surface area (Å²) in [5.41, 5.74) is 1.64. The standard InChI is InChI=1S/C16H25N5O3/c1-20-14-5-3-4-11(15(20)22)8-21(9-14)16(23)17-7-12-6-13(10-24-2)19-18-12/h6,11,14H,3-5,7-10H2,1-2H3,(H,17,23)(H,18,19)/t11-,14+/m1/s1. The molecule has 1 aromatic rings. The number of aromatic nitrogens is 2. The van der Waals surface area contributed by atoms with Gasteiger partial charge >= 0.3 is 6.03 Å². The number of rotatable bonds is 4. The number of hydrogen-bond donors (Lipinski definition) is 2. The van der Waals surface area contributed by atoms with E-state index in [0.717, 1.165) is 30.7 Å². The van der Waals surface area contributed by atoms with Crippen molar-refractivity contribution in [1.82, 2.24) is 25.3 Å². The number of nitrogens with one attached hydrogen (secondary N) is 2. The summed E-state index contributed by atoms with van der Waals surface area (Å²) in [4.78, 5) is 28.5. The molecule has 3 rings (SSSR count). The topological polar surface area (TPSA) is 90.6 Å². The molecule has 2 N–H and O–H groups in total. The van der Waals surface area contributed by atoms with Crippen LogP contribution in [0.15, 0.2) is 6.07 Å². The Morgan fingerprint density at radius 3 is 3.08 bits per heavy atom. The molecule has 0 saturated carbocycles. The molecular formula is C16H25N5O3. The lowest BCUT2D eigenvalue weighted by Crippen LogP contribution is -2.46. The van der Waals surface area contributed by atoms with Crippen LogP contribution in [-0.4, -0.2) is 65.2 Å². The SMILES string of the molecule is COCc1cc(CNC(=O)N2C[C@H]3CCC[C@@H](C2)N(C)C3=O)[nH]n1. The normalized spacial score (nSPS) is 24.0. The summed E-state index contributed by atoms with van der Waals surface area (Å²) in [5, 5.41) is 9.92. The minimum atomic E-state index is -0.127. The van der Waals surface area contributed by atoms with E-state index in [2.05, 4.69) is 15.5 Å². The highest BCUT2D eigenvalue weighted by Gasteiger charge is 2.37. The predicted molar refractivity (Wildman–Crippen MR) is 87.0 cm³/mol. The van der Waals surface area contributed by atoms with E-state index in [0.29, 0.717) is 26.2 Å². The Kier molecular flexibility index (Phi) is 5.03. The number of H-pyrrole nitrogens is 1. The van der Waals surface area contributed by atoms with Crippen LogP contribution in [0.5, 0.6) is 0 Å². The van der Waals surface area contributed by atoms with Gasteiger partial charge in [0.2, 0.25) is 5.91 Å². The average Bonchev–Trinajstić information content (AvgIpc) is 2.90. The van der Waals surface area contributed by atoms with Gasteiger partial charge in [-0.05, 0) is 18.9 Å². The molecule has 2 fully saturated rings. The fourth-order valence-corrected chi connectivity index (χ4v) is 3.53. The summed E-state index contributed by atoms with van der Waals surface area (Å²) >= 11 is 0. The van der Waals surface area contributed by atoms with E-state index in [1.165, 1.54) is 0 Å². The van der Waals surface area contributed by atoms with E-state index < -0.39 is 0 Å². The maximum atomic E-state index is 12.5. The van der Waals surface area contributed by atoms with Crippen LogP contribution in [0.25, 0.3) is 0 Å². The highest BCUT2D eigenvalue weighted by Crippen LogP contribution is 2.26. The van der Waals surface area contributed by atoms with Gasteiger partial charge in [-0.25, -0.2) is 4.79 Å². The lowest BCUT2D eigenvalue weighted by Gasteiger charge is -2.29. The van der Waals surface area contributed by atoms with Gasteiger partial charge in [0.1, 0.15) is 0 Å². The van der Waals surface area contributed by atoms with E-state index >= 15 is 0 Å². The molecule has 0 spiro atoms. The van der Waals surface area contributed by atoms with Crippen molar-refractivity contribution in [2.45, 2.75) is 38.5 Å². The highest BCUT2D eigenvalue weighted by atomic mass is 16.5. The minimum absolute atomic E-state index is 0.0753. The third-order valence-electron chi connectivity index (χ3n) is 4.90. The third-order valence-corrected chi connectivity index (χ3v) is 4.90. The number of carbonyl (C=O) groups is 2. The van der Waals surface area contributed by atoms with Crippen molar-refractivity contribution in [3.63, 3.8) is 0 Å². The molecule has 2 aliphatic rings. The lowest BCUT2D eigenvalue weighted by molar-refractivity contribution is -0.134. The molecule has 8 nitrogen and oxygen atoms in total. The van der Waals surface area contributed by atoms with Gasteiger partial charge in [0, 0.05) is 33.3 Å². The Labute approximate surface area is 141 Å². The van der Waals surface area contributed by atoms with Gasteiger partial charge in [-0.2, -0.15) is 5.10 Å². The summed E-state index contributed by atoms with van der Waals surface area (Å²) in [6, 6.07) is 1.87. The number of fused-ring (bicyclic) bond motifs is 3. The first kappa shape index (κ1) is 16.8. The molecule has 2 aliphatic heterocycles. The quantitative estimate of drug-likeness (QED) is 0.848. The molecule has 3 amide bonds. The van der Waals surface area contributed by atoms with Crippen molar-refractivity contribution in [3.05, 3.63) is 17.5 Å². The van der Waals surface area contributed by atoms with E-state index in [1.54, 1.807) is 12.0 Å². The predicted octanol–water partition coefficient (Wildman–Crippen LogP) is 0.708. The van der Waals surface area contributed by atoms with Crippen LogP contribution >= 0.6 is 0 Å². The largest absolute Gasteiger partial charge is 0.378 e. The van der Waals surface area contributed by atoms with Gasteiger partial charge in [0.05, 0.1) is 30.5 Å². The molecule has 24 heavy (non-hydrogen) atoms. The number of likely N-dealkylation sites (N-methyl/N-ethyl adjacent to an activating group) is 1. The first-order valence-electron chi connectivity index (χ1n) is 8.40. The van der Waals surface area contributed by atoms with Crippen molar-refractivity contribution in [3.8, 4) is 0 Å². The number of hydrogen-bond acceptors (Lipinski definition) is 4. The first-order chi connectivity index (χ1) is 11.6. The van der Waals surface area contributed by atoms with Crippen molar-refractivity contribution in [1.29, 1.82) is 0 Å². The van der Waals surface area contributed by atoms with E-state index in [9.17, 15) is 9.59 Å². The number of aromatic amines is 1. The molecule has 1 aromatic heterocycles. The molecule has 132 valence electrons. The Morgan fingerprint density at radius 2 is 2.29 bits per heavy atom. The van der Waals surface area contributed by atoms with Gasteiger partial charge < -0.3 is 19.9 Å². The monoisotopic (exact) mass is 335 g/mol. The lowest BCUT2D eigenvalue weighted by atomic mass is 9.99. The van der Waals surface area contributed by atoms with Crippen LogP contribution in [0.2, 0.25) is 0 Å². The van der Waals surface area contributed by atoms with Gasteiger partial charge in [-0.15, -0.1) is 0 Å². The van der Waals surface area contributed by atoms with Crippen LogP contribution in [0.4, 0.5) is 4.79 Å². The molecule has 2 saturated heterocycles. The molecule has 0 unspecified atom stereocenters. The van der Waals surface area contributed by atoms with Crippen molar-refractivity contribution in [2.75, 3.05) is 27.2 Å². The number of likely N-dealkylation sites (tertiary alicyclic amines) is 1. The fraction of sp³-hybridized carbons (Fsp3) is 0.688. The molecule has 2 atom stereocenters. The summed E-state index contributed by atoms with van der Waals surface area (Å²) < 4.78 is 5.02. The van der Waals surface area contributed by atoms with Crippen LogP contribution in [0, 0.1) is 5.92 Å². The first-order valence-corrected chi connectivity index (χ1v) is 8.40. The zero-order valence-electron chi connectivity index (χ0n) is 14.2. The second-order valence-electron chi connectivity index (χ2n) is 6.61. The number of methoxy groups -OCH3 is 1. The summed E-state index contributed by atoms with van der Waals surface area (Å²) in [6.45, 7) is 1.92. The van der Waals surface area contributed by atoms with E-state index in [1.807, 2.05) is 18.0 Å². The Bertz CT molecular complexity index is 602. The molecular weight excluding hydrogens is 310 g/mol. The summed E-state index contributed by atoms with van der Waals surface area (Å²) in [7, 11) is 3.47. The highest BCUT2D eigenvalue weighted by molar-refractivity contribution is 5.82. The summed E-state index contributed by atoms with van der Waals surface area (Å²) in [6.07, 6.45) is 2.88. The van der Waals surface area contributed by atoms with Crippen molar-refractivity contribution >= 4 is 11.9 Å². The number of nitrogens with zero attached hydrogens (tertiary/aromatic N) is 3. The van der Waals surface area contributed by atoms with Crippen LogP contribution in [-0.2, 0) is 22.7 Å². The Morgan fingerprint density at radius 1 is 1.46 bits per heavy atom. The number of ether oxygens (including phenoxy) is 1. The summed E-state index contributed by atoms with van der Waals surface area (Å²) in [5.74, 6) is 0.0966. The van der Waals surface area contributed by atoms with Gasteiger partial charge in [-0.1, -0.05) is 6.42 Å². The van der Waals surface area contributed by atoms with Crippen LogP contribution < -0.4 is 5.32 Å². The molecule has 8 heteroatoms. The Hall–Kier alpha value is -2.09. The third kappa shape index (κ3) is 3.53. The number of carbonyl (C=O) groups excluding carboxylic acids is 2. The van der Waals surface area contributed by atoms with Gasteiger partial charge in [-0.3, -0.25) is 9.89 Å². The molecule has 3 heterocycles.